The van der Waals surface area contributed by atoms with E-state index in [2.05, 4.69) is 28.5 Å². The highest BCUT2D eigenvalue weighted by Crippen LogP contribution is 2.15. The number of benzene rings is 1. The highest BCUT2D eigenvalue weighted by Gasteiger charge is 1.99. The molecule has 0 aliphatic carbocycles. The van der Waals surface area contributed by atoms with Crippen molar-refractivity contribution < 1.29 is 4.79 Å². The van der Waals surface area contributed by atoms with Gasteiger partial charge in [0.2, 0.25) is 5.91 Å². The minimum absolute atomic E-state index is 0.0386. The Morgan fingerprint density at radius 3 is 2.94 bits per heavy atom. The van der Waals surface area contributed by atoms with Crippen LogP contribution in [0.1, 0.15) is 19.0 Å². The van der Waals surface area contributed by atoms with E-state index in [1.165, 1.54) is 16.6 Å². The van der Waals surface area contributed by atoms with Gasteiger partial charge in [0.1, 0.15) is 0 Å². The number of para-hydroxylation sites is 1. The van der Waals surface area contributed by atoms with Crippen molar-refractivity contribution in [2.24, 2.45) is 0 Å². The summed E-state index contributed by atoms with van der Waals surface area (Å²) >= 11 is 0. The van der Waals surface area contributed by atoms with Gasteiger partial charge >= 0.3 is 0 Å². The van der Waals surface area contributed by atoms with Crippen LogP contribution in [0.3, 0.4) is 0 Å². The Balaban J connectivity index is 1.92. The Morgan fingerprint density at radius 1 is 1.38 bits per heavy atom. The summed E-state index contributed by atoms with van der Waals surface area (Å²) in [6.45, 7) is 2.29. The first-order valence-corrected chi connectivity index (χ1v) is 5.57. The molecule has 3 heteroatoms. The summed E-state index contributed by atoms with van der Waals surface area (Å²) in [7, 11) is 0. The van der Waals surface area contributed by atoms with E-state index in [1.54, 1.807) is 6.92 Å². The molecule has 3 nitrogen and oxygen atoms in total. The second-order valence-electron chi connectivity index (χ2n) is 3.97. The number of aryl methyl sites for hydroxylation is 1. The molecule has 0 fully saturated rings. The minimum atomic E-state index is 0.0386. The van der Waals surface area contributed by atoms with Gasteiger partial charge in [-0.2, -0.15) is 0 Å². The molecule has 16 heavy (non-hydrogen) atoms. The number of amides is 1. The van der Waals surface area contributed by atoms with Crippen molar-refractivity contribution in [3.8, 4) is 0 Å². The lowest BCUT2D eigenvalue weighted by Crippen LogP contribution is -2.21. The third-order valence-corrected chi connectivity index (χ3v) is 2.58. The number of H-pyrrole nitrogens is 1. The summed E-state index contributed by atoms with van der Waals surface area (Å²) in [5.41, 5.74) is 2.41. The van der Waals surface area contributed by atoms with Crippen LogP contribution in [-0.2, 0) is 11.2 Å². The summed E-state index contributed by atoms with van der Waals surface area (Å²) in [5.74, 6) is 0.0386. The molecule has 0 spiro atoms. The molecule has 2 N–H and O–H groups in total. The molecule has 0 aliphatic rings. The van der Waals surface area contributed by atoms with Gasteiger partial charge in [0.05, 0.1) is 0 Å². The van der Waals surface area contributed by atoms with Crippen molar-refractivity contribution in [2.45, 2.75) is 19.8 Å². The first-order chi connectivity index (χ1) is 7.75. The molecule has 1 aromatic carbocycles. The fourth-order valence-corrected chi connectivity index (χ4v) is 1.81. The zero-order valence-electron chi connectivity index (χ0n) is 9.42. The summed E-state index contributed by atoms with van der Waals surface area (Å²) in [6.07, 6.45) is 1.93. The van der Waals surface area contributed by atoms with E-state index >= 15 is 0 Å². The van der Waals surface area contributed by atoms with Gasteiger partial charge in [0, 0.05) is 24.7 Å². The second-order valence-corrected chi connectivity index (χ2v) is 3.97. The van der Waals surface area contributed by atoms with Gasteiger partial charge in [0.25, 0.3) is 0 Å². The van der Waals surface area contributed by atoms with Gasteiger partial charge in [-0.15, -0.1) is 0 Å². The van der Waals surface area contributed by atoms with E-state index in [-0.39, 0.29) is 5.91 Å². The van der Waals surface area contributed by atoms with Gasteiger partial charge in [-0.25, -0.2) is 0 Å². The lowest BCUT2D eigenvalue weighted by atomic mass is 10.2. The van der Waals surface area contributed by atoms with Gasteiger partial charge in [-0.1, -0.05) is 18.2 Å². The topological polar surface area (TPSA) is 44.9 Å². The molecule has 0 atom stereocenters. The number of carbonyl (C=O) groups is 1. The molecule has 0 saturated heterocycles. The normalized spacial score (nSPS) is 10.6. The van der Waals surface area contributed by atoms with Gasteiger partial charge < -0.3 is 10.3 Å². The quantitative estimate of drug-likeness (QED) is 0.756. The molecule has 0 bridgehead atoms. The van der Waals surface area contributed by atoms with Crippen LogP contribution in [-0.4, -0.2) is 17.4 Å². The number of fused-ring (bicyclic) bond motifs is 1. The Kier molecular flexibility index (Phi) is 3.25. The summed E-state index contributed by atoms with van der Waals surface area (Å²) < 4.78 is 0. The smallest absolute Gasteiger partial charge is 0.216 e. The van der Waals surface area contributed by atoms with Crippen molar-refractivity contribution >= 4 is 16.8 Å². The standard InChI is InChI=1S/C13H16N2O/c1-10(16)14-8-4-6-12-9-11-5-2-3-7-13(11)15-12/h2-3,5,7,9,15H,4,6,8H2,1H3,(H,14,16). The van der Waals surface area contributed by atoms with Crippen LogP contribution in [0.25, 0.3) is 10.9 Å². The SMILES string of the molecule is CC(=O)NCCCc1cc2ccccc2[nH]1. The minimum Gasteiger partial charge on any atom is -0.358 e. The van der Waals surface area contributed by atoms with Crippen LogP contribution in [0.5, 0.6) is 0 Å². The van der Waals surface area contributed by atoms with Crippen molar-refractivity contribution in [3.63, 3.8) is 0 Å². The van der Waals surface area contributed by atoms with Crippen LogP contribution in [0.15, 0.2) is 30.3 Å². The van der Waals surface area contributed by atoms with Crippen LogP contribution in [0.2, 0.25) is 0 Å². The van der Waals surface area contributed by atoms with Crippen molar-refractivity contribution in [1.29, 1.82) is 0 Å². The monoisotopic (exact) mass is 216 g/mol. The van der Waals surface area contributed by atoms with Gasteiger partial charge in [-0.3, -0.25) is 4.79 Å². The van der Waals surface area contributed by atoms with E-state index in [1.807, 2.05) is 12.1 Å². The van der Waals surface area contributed by atoms with E-state index in [0.29, 0.717) is 0 Å². The van der Waals surface area contributed by atoms with Gasteiger partial charge in [0.15, 0.2) is 0 Å². The second kappa shape index (κ2) is 4.84. The zero-order valence-corrected chi connectivity index (χ0v) is 9.42. The van der Waals surface area contributed by atoms with Crippen LogP contribution in [0.4, 0.5) is 0 Å². The van der Waals surface area contributed by atoms with E-state index in [4.69, 9.17) is 0 Å². The maximum Gasteiger partial charge on any atom is 0.216 e. The molecule has 2 aromatic rings. The Bertz CT molecular complexity index is 454. The van der Waals surface area contributed by atoms with E-state index in [9.17, 15) is 4.79 Å². The molecule has 84 valence electrons. The summed E-state index contributed by atoms with van der Waals surface area (Å²) in [5, 5.41) is 4.04. The maximum absolute atomic E-state index is 10.7. The van der Waals surface area contributed by atoms with Crippen LogP contribution in [0, 0.1) is 0 Å². The largest absolute Gasteiger partial charge is 0.358 e. The van der Waals surface area contributed by atoms with Crippen LogP contribution < -0.4 is 5.32 Å². The molecule has 1 aromatic heterocycles. The number of carbonyl (C=O) groups excluding carboxylic acids is 1. The highest BCUT2D eigenvalue weighted by atomic mass is 16.1. The lowest BCUT2D eigenvalue weighted by molar-refractivity contribution is -0.118. The van der Waals surface area contributed by atoms with Crippen molar-refractivity contribution in [3.05, 3.63) is 36.0 Å². The molecule has 1 heterocycles. The number of rotatable bonds is 4. The zero-order chi connectivity index (χ0) is 11.4. The van der Waals surface area contributed by atoms with Crippen molar-refractivity contribution in [1.82, 2.24) is 10.3 Å². The summed E-state index contributed by atoms with van der Waals surface area (Å²) in [6, 6.07) is 10.4. The van der Waals surface area contributed by atoms with Crippen molar-refractivity contribution in [2.75, 3.05) is 6.54 Å². The lowest BCUT2D eigenvalue weighted by Gasteiger charge is -2.00. The molecule has 0 saturated carbocycles. The van der Waals surface area contributed by atoms with E-state index in [0.717, 1.165) is 19.4 Å². The predicted octanol–water partition coefficient (Wildman–Crippen LogP) is 2.24. The number of hydrogen-bond donors (Lipinski definition) is 2. The predicted molar refractivity (Wildman–Crippen MR) is 65.3 cm³/mol. The average molecular weight is 216 g/mol. The maximum atomic E-state index is 10.7. The fraction of sp³-hybridized carbons (Fsp3) is 0.308. The first kappa shape index (κ1) is 10.7. The number of nitrogens with one attached hydrogen (secondary N) is 2. The van der Waals surface area contributed by atoms with Crippen LogP contribution >= 0.6 is 0 Å². The average Bonchev–Trinajstić information content (AvgIpc) is 2.66. The number of hydrogen-bond acceptors (Lipinski definition) is 1. The van der Waals surface area contributed by atoms with Gasteiger partial charge in [-0.05, 0) is 30.4 Å². The molecule has 0 unspecified atom stereocenters. The number of aromatic nitrogens is 1. The summed E-state index contributed by atoms with van der Waals surface area (Å²) in [4.78, 5) is 14.0. The third-order valence-electron chi connectivity index (χ3n) is 2.58. The molecule has 0 radical (unpaired) electrons. The highest BCUT2D eigenvalue weighted by molar-refractivity contribution is 5.80. The molecular formula is C13H16N2O. The molecule has 1 amide bonds. The number of aromatic amines is 1. The Labute approximate surface area is 94.9 Å². The molecular weight excluding hydrogens is 200 g/mol. The third kappa shape index (κ3) is 2.63. The Morgan fingerprint density at radius 2 is 2.19 bits per heavy atom. The Hall–Kier alpha value is -1.77. The molecule has 2 rings (SSSR count). The van der Waals surface area contributed by atoms with E-state index < -0.39 is 0 Å². The molecule has 0 aliphatic heterocycles. The fourth-order valence-electron chi connectivity index (χ4n) is 1.81. The first-order valence-electron chi connectivity index (χ1n) is 5.57.